The summed E-state index contributed by atoms with van der Waals surface area (Å²) in [5.74, 6) is -0.00681. The average Bonchev–Trinajstić information content (AvgIpc) is 3.15. The molecular weight excluding hydrogens is 399 g/mol. The van der Waals surface area contributed by atoms with Gasteiger partial charge in [-0.3, -0.25) is 4.79 Å². The molecule has 0 aromatic carbocycles. The third-order valence-electron chi connectivity index (χ3n) is 5.46. The molecule has 0 aliphatic carbocycles. The van der Waals surface area contributed by atoms with Crippen LogP contribution in [0.25, 0.3) is 5.65 Å². The number of carbonyl (C=O) groups excluding carboxylic acids is 1. The normalized spacial score (nSPS) is 14.0. The summed E-state index contributed by atoms with van der Waals surface area (Å²) in [5, 5.41) is 6.05. The quantitative estimate of drug-likeness (QED) is 0.495. The van der Waals surface area contributed by atoms with Crippen molar-refractivity contribution >= 4 is 23.3 Å². The Morgan fingerprint density at radius 1 is 1.29 bits per heavy atom. The van der Waals surface area contributed by atoms with Crippen molar-refractivity contribution < 1.29 is 9.18 Å². The van der Waals surface area contributed by atoms with Crippen LogP contribution in [-0.2, 0) is 11.3 Å². The lowest BCUT2D eigenvalue weighted by Crippen LogP contribution is -2.54. The van der Waals surface area contributed by atoms with Gasteiger partial charge in [0.25, 0.3) is 0 Å². The molecule has 1 saturated heterocycles. The van der Waals surface area contributed by atoms with E-state index >= 15 is 0 Å². The number of fused-ring (bicyclic) bond motifs is 1. The van der Waals surface area contributed by atoms with Gasteiger partial charge in [0.15, 0.2) is 11.6 Å². The first-order chi connectivity index (χ1) is 15.1. The van der Waals surface area contributed by atoms with Gasteiger partial charge in [-0.05, 0) is 32.1 Å². The number of carbonyl (C=O) groups is 1. The van der Waals surface area contributed by atoms with Crippen LogP contribution < -0.4 is 20.4 Å². The van der Waals surface area contributed by atoms with Crippen molar-refractivity contribution in [1.29, 1.82) is 0 Å². The molecule has 3 aromatic rings. The van der Waals surface area contributed by atoms with Crippen LogP contribution in [0.15, 0.2) is 36.8 Å². The fraction of sp³-hybridized carbons (Fsp3) is 0.429. The van der Waals surface area contributed by atoms with Gasteiger partial charge in [-0.25, -0.2) is 14.4 Å². The Morgan fingerprint density at radius 2 is 2.13 bits per heavy atom. The molecule has 1 aliphatic heterocycles. The molecule has 9 nitrogen and oxygen atoms in total. The van der Waals surface area contributed by atoms with E-state index in [-0.39, 0.29) is 17.6 Å². The van der Waals surface area contributed by atoms with Crippen LogP contribution in [0.4, 0.5) is 16.2 Å². The molecule has 4 rings (SSSR count). The second-order valence-corrected chi connectivity index (χ2v) is 7.72. The number of nitrogens with zero attached hydrogens (tertiary/aromatic N) is 6. The third-order valence-corrected chi connectivity index (χ3v) is 5.46. The minimum atomic E-state index is -0.475. The highest BCUT2D eigenvalue weighted by Gasteiger charge is 2.35. The molecule has 0 unspecified atom stereocenters. The van der Waals surface area contributed by atoms with Crippen molar-refractivity contribution in [3.63, 3.8) is 0 Å². The van der Waals surface area contributed by atoms with Crippen LogP contribution >= 0.6 is 0 Å². The predicted molar refractivity (Wildman–Crippen MR) is 117 cm³/mol. The van der Waals surface area contributed by atoms with Crippen LogP contribution in [-0.4, -0.2) is 65.5 Å². The highest BCUT2D eigenvalue weighted by Crippen LogP contribution is 2.26. The summed E-state index contributed by atoms with van der Waals surface area (Å²) in [7, 11) is 3.79. The fourth-order valence-corrected chi connectivity index (χ4v) is 3.60. The van der Waals surface area contributed by atoms with Crippen molar-refractivity contribution in [3.05, 3.63) is 48.3 Å². The largest absolute Gasteiger partial charge is 0.352 e. The standard InChI is InChI=1S/C21H27FN8O/c1-23-7-5-8-28(2)21-26-12-17(22)19(27-21)29-13-15(14-29)20(31)25-11-16-10-24-18-6-3-4-9-30(16)18/h3-4,6,9-10,12,15,23H,5,7-8,11,13-14H2,1-2H3,(H,25,31). The van der Waals surface area contributed by atoms with Gasteiger partial charge < -0.3 is 24.8 Å². The number of hydrogen-bond donors (Lipinski definition) is 2. The molecule has 4 heterocycles. The summed E-state index contributed by atoms with van der Waals surface area (Å²) in [6.07, 6.45) is 5.81. The number of anilines is 2. The molecule has 0 atom stereocenters. The zero-order chi connectivity index (χ0) is 21.8. The van der Waals surface area contributed by atoms with E-state index in [1.54, 1.807) is 11.1 Å². The van der Waals surface area contributed by atoms with E-state index in [0.717, 1.165) is 30.9 Å². The van der Waals surface area contributed by atoms with E-state index in [0.29, 0.717) is 25.6 Å². The number of nitrogens with one attached hydrogen (secondary N) is 2. The van der Waals surface area contributed by atoms with Crippen molar-refractivity contribution in [1.82, 2.24) is 30.0 Å². The molecule has 0 saturated carbocycles. The number of imidazole rings is 1. The maximum Gasteiger partial charge on any atom is 0.227 e. The van der Waals surface area contributed by atoms with Crippen LogP contribution in [0.2, 0.25) is 0 Å². The minimum absolute atomic E-state index is 0.0546. The molecular formula is C21H27FN8O. The Kier molecular flexibility index (Phi) is 6.26. The van der Waals surface area contributed by atoms with E-state index in [2.05, 4.69) is 25.6 Å². The second kappa shape index (κ2) is 9.25. The first-order valence-corrected chi connectivity index (χ1v) is 10.4. The van der Waals surface area contributed by atoms with Crippen molar-refractivity contribution in [2.24, 2.45) is 5.92 Å². The van der Waals surface area contributed by atoms with Crippen LogP contribution in [0.5, 0.6) is 0 Å². The van der Waals surface area contributed by atoms with Gasteiger partial charge in [0.2, 0.25) is 11.9 Å². The molecule has 1 amide bonds. The van der Waals surface area contributed by atoms with Crippen LogP contribution in [0.1, 0.15) is 12.1 Å². The number of hydrogen-bond acceptors (Lipinski definition) is 7. The minimum Gasteiger partial charge on any atom is -0.352 e. The summed E-state index contributed by atoms with van der Waals surface area (Å²) < 4.78 is 16.3. The monoisotopic (exact) mass is 426 g/mol. The Bertz CT molecular complexity index is 1050. The lowest BCUT2D eigenvalue weighted by atomic mass is 9.99. The number of pyridine rings is 1. The van der Waals surface area contributed by atoms with E-state index in [1.807, 2.05) is 47.8 Å². The maximum absolute atomic E-state index is 14.3. The molecule has 0 spiro atoms. The molecule has 0 radical (unpaired) electrons. The van der Waals surface area contributed by atoms with E-state index < -0.39 is 5.82 Å². The topological polar surface area (TPSA) is 90.7 Å². The lowest BCUT2D eigenvalue weighted by Gasteiger charge is -2.39. The van der Waals surface area contributed by atoms with Gasteiger partial charge in [-0.1, -0.05) is 6.07 Å². The van der Waals surface area contributed by atoms with Gasteiger partial charge in [0.1, 0.15) is 5.65 Å². The van der Waals surface area contributed by atoms with E-state index in [1.165, 1.54) is 6.20 Å². The zero-order valence-corrected chi connectivity index (χ0v) is 17.8. The van der Waals surface area contributed by atoms with Gasteiger partial charge in [-0.15, -0.1) is 0 Å². The first kappa shape index (κ1) is 21.0. The highest BCUT2D eigenvalue weighted by molar-refractivity contribution is 5.81. The zero-order valence-electron chi connectivity index (χ0n) is 17.8. The first-order valence-electron chi connectivity index (χ1n) is 10.4. The van der Waals surface area contributed by atoms with Crippen molar-refractivity contribution in [3.8, 4) is 0 Å². The molecule has 2 N–H and O–H groups in total. The van der Waals surface area contributed by atoms with E-state index in [4.69, 9.17) is 0 Å². The highest BCUT2D eigenvalue weighted by atomic mass is 19.1. The Labute approximate surface area is 180 Å². The Balaban J connectivity index is 1.32. The Morgan fingerprint density at radius 3 is 2.94 bits per heavy atom. The van der Waals surface area contributed by atoms with Crippen molar-refractivity contribution in [2.75, 3.05) is 50.1 Å². The maximum atomic E-state index is 14.3. The van der Waals surface area contributed by atoms with Gasteiger partial charge in [0.05, 0.1) is 30.6 Å². The molecule has 164 valence electrons. The molecule has 31 heavy (non-hydrogen) atoms. The summed E-state index contributed by atoms with van der Waals surface area (Å²) in [4.78, 5) is 29.0. The molecule has 10 heteroatoms. The number of aromatic nitrogens is 4. The smallest absolute Gasteiger partial charge is 0.227 e. The summed E-state index contributed by atoms with van der Waals surface area (Å²) in [6, 6.07) is 5.76. The number of amides is 1. The second-order valence-electron chi connectivity index (χ2n) is 7.72. The summed E-state index contributed by atoms with van der Waals surface area (Å²) in [5.41, 5.74) is 1.75. The molecule has 1 aliphatic rings. The average molecular weight is 427 g/mol. The number of rotatable bonds is 9. The molecule has 0 bridgehead atoms. The third kappa shape index (κ3) is 4.58. The van der Waals surface area contributed by atoms with Gasteiger partial charge >= 0.3 is 0 Å². The van der Waals surface area contributed by atoms with Crippen LogP contribution in [0.3, 0.4) is 0 Å². The van der Waals surface area contributed by atoms with E-state index in [9.17, 15) is 9.18 Å². The van der Waals surface area contributed by atoms with Gasteiger partial charge in [0, 0.05) is 32.9 Å². The summed E-state index contributed by atoms with van der Waals surface area (Å²) >= 11 is 0. The van der Waals surface area contributed by atoms with Crippen molar-refractivity contribution in [2.45, 2.75) is 13.0 Å². The van der Waals surface area contributed by atoms with Crippen LogP contribution in [0, 0.1) is 11.7 Å². The SMILES string of the molecule is CNCCCN(C)c1ncc(F)c(N2CC(C(=O)NCc3cnc4ccccn34)C2)n1. The van der Waals surface area contributed by atoms with Gasteiger partial charge in [-0.2, -0.15) is 4.98 Å². The predicted octanol–water partition coefficient (Wildman–Crippen LogP) is 1.06. The lowest BCUT2D eigenvalue weighted by molar-refractivity contribution is -0.125. The Hall–Kier alpha value is -3.27. The summed E-state index contributed by atoms with van der Waals surface area (Å²) in [6.45, 7) is 2.90. The number of halogens is 1. The molecule has 1 fully saturated rings. The fourth-order valence-electron chi connectivity index (χ4n) is 3.60. The molecule has 3 aromatic heterocycles.